The Balaban J connectivity index is 1.07. The molecule has 0 aliphatic carbocycles. The molecule has 6 rings (SSSR count). The van der Waals surface area contributed by atoms with Crippen molar-refractivity contribution in [2.75, 3.05) is 49.1 Å². The number of amides is 3. The zero-order valence-corrected chi connectivity index (χ0v) is 22.5. The van der Waals surface area contributed by atoms with Crippen molar-refractivity contribution in [1.29, 1.82) is 0 Å². The number of nitrogens with one attached hydrogen (secondary N) is 1. The van der Waals surface area contributed by atoms with Crippen LogP contribution in [-0.2, 0) is 4.79 Å². The second kappa shape index (κ2) is 10.5. The molecule has 0 saturated carbocycles. The number of likely N-dealkylation sites (tertiary alicyclic amines) is 1. The molecule has 2 aromatic heterocycles. The molecule has 0 spiro atoms. The average Bonchev–Trinajstić information content (AvgIpc) is 3.34. The Morgan fingerprint density at radius 3 is 2.47 bits per heavy atom. The van der Waals surface area contributed by atoms with E-state index in [0.717, 1.165) is 79.6 Å². The number of carbonyl (C=O) groups is 2. The predicted octanol–water partition coefficient (Wildman–Crippen LogP) is 4.39. The molecule has 5 heterocycles. The lowest BCUT2D eigenvalue weighted by molar-refractivity contribution is -0.120. The van der Waals surface area contributed by atoms with E-state index in [4.69, 9.17) is 11.6 Å². The van der Waals surface area contributed by atoms with Gasteiger partial charge in [-0.15, -0.1) is 5.10 Å². The molecule has 3 saturated heterocycles. The summed E-state index contributed by atoms with van der Waals surface area (Å²) >= 11 is 6.52. The highest BCUT2D eigenvalue weighted by Crippen LogP contribution is 2.36. The van der Waals surface area contributed by atoms with Crippen molar-refractivity contribution in [2.45, 2.75) is 45.1 Å². The number of urea groups is 1. The molecular formula is C28H34ClN7O2. The molecule has 3 fully saturated rings. The lowest BCUT2D eigenvalue weighted by Gasteiger charge is -2.38. The highest BCUT2D eigenvalue weighted by atomic mass is 35.5. The minimum Gasteiger partial charge on any atom is -0.355 e. The van der Waals surface area contributed by atoms with Crippen LogP contribution in [0.2, 0.25) is 5.02 Å². The second-order valence-corrected chi connectivity index (χ2v) is 11.3. The first-order chi connectivity index (χ1) is 18.4. The van der Waals surface area contributed by atoms with Crippen molar-refractivity contribution in [2.24, 2.45) is 5.92 Å². The van der Waals surface area contributed by atoms with Gasteiger partial charge >= 0.3 is 6.03 Å². The molecule has 3 aliphatic heterocycles. The van der Waals surface area contributed by atoms with E-state index in [1.54, 1.807) is 4.90 Å². The predicted molar refractivity (Wildman–Crippen MR) is 149 cm³/mol. The van der Waals surface area contributed by atoms with Gasteiger partial charge in [0.15, 0.2) is 5.82 Å². The number of piperidine rings is 2. The molecule has 3 aliphatic rings. The zero-order chi connectivity index (χ0) is 26.2. The van der Waals surface area contributed by atoms with Crippen molar-refractivity contribution in [1.82, 2.24) is 25.0 Å². The van der Waals surface area contributed by atoms with E-state index in [1.165, 1.54) is 12.8 Å². The summed E-state index contributed by atoms with van der Waals surface area (Å²) in [6.07, 6.45) is 6.97. The van der Waals surface area contributed by atoms with Crippen molar-refractivity contribution >= 4 is 45.9 Å². The third kappa shape index (κ3) is 5.09. The number of hydrogen-bond acceptors (Lipinski definition) is 6. The molecule has 0 radical (unpaired) electrons. The summed E-state index contributed by atoms with van der Waals surface area (Å²) in [6.45, 7) is 7.74. The van der Waals surface area contributed by atoms with Gasteiger partial charge in [0.25, 0.3) is 0 Å². The second-order valence-electron chi connectivity index (χ2n) is 10.8. The topological polar surface area (TPSA) is 86.6 Å². The van der Waals surface area contributed by atoms with E-state index in [-0.39, 0.29) is 18.4 Å². The Morgan fingerprint density at radius 1 is 0.974 bits per heavy atom. The zero-order valence-electron chi connectivity index (χ0n) is 21.8. The monoisotopic (exact) mass is 535 g/mol. The van der Waals surface area contributed by atoms with Gasteiger partial charge in [0.2, 0.25) is 5.91 Å². The van der Waals surface area contributed by atoms with Crippen molar-refractivity contribution in [3.8, 4) is 0 Å². The Bertz CT molecular complexity index is 1320. The molecule has 1 N–H and O–H groups in total. The molecule has 200 valence electrons. The van der Waals surface area contributed by atoms with E-state index in [0.29, 0.717) is 17.6 Å². The van der Waals surface area contributed by atoms with E-state index in [2.05, 4.69) is 48.2 Å². The van der Waals surface area contributed by atoms with Gasteiger partial charge in [-0.2, -0.15) is 5.10 Å². The maximum absolute atomic E-state index is 12.5. The highest BCUT2D eigenvalue weighted by molar-refractivity contribution is 6.32. The minimum atomic E-state index is -0.386. The van der Waals surface area contributed by atoms with Crippen LogP contribution in [-0.4, -0.2) is 70.9 Å². The highest BCUT2D eigenvalue weighted by Gasteiger charge is 2.29. The molecule has 10 heteroatoms. The summed E-state index contributed by atoms with van der Waals surface area (Å²) in [7, 11) is 0. The number of imide groups is 1. The van der Waals surface area contributed by atoms with Crippen LogP contribution in [0.1, 0.15) is 43.8 Å². The Hall–Kier alpha value is -3.17. The van der Waals surface area contributed by atoms with Gasteiger partial charge in [-0.25, -0.2) is 4.79 Å². The average molecular weight is 536 g/mol. The normalized spacial score (nSPS) is 20.4. The van der Waals surface area contributed by atoms with Crippen LogP contribution in [0, 0.1) is 12.8 Å². The number of benzene rings is 1. The number of hydrogen-bond donors (Lipinski definition) is 1. The third-order valence-corrected chi connectivity index (χ3v) is 8.53. The SMILES string of the molecule is Cc1ccc(N2CCC(CN3CCC(n4ccc5c(N6CCC(=O)NC6=O)cc(Cl)cc54)CC3)CC2)nn1. The molecule has 0 bridgehead atoms. The van der Waals surface area contributed by atoms with Gasteiger partial charge in [0, 0.05) is 68.3 Å². The lowest BCUT2D eigenvalue weighted by atomic mass is 9.94. The summed E-state index contributed by atoms with van der Waals surface area (Å²) in [6, 6.07) is 10.0. The Kier molecular flexibility index (Phi) is 6.97. The smallest absolute Gasteiger partial charge is 0.328 e. The molecule has 9 nitrogen and oxygen atoms in total. The largest absolute Gasteiger partial charge is 0.355 e. The van der Waals surface area contributed by atoms with Gasteiger partial charge < -0.3 is 14.4 Å². The van der Waals surface area contributed by atoms with Crippen molar-refractivity contribution < 1.29 is 9.59 Å². The number of carbonyl (C=O) groups excluding carboxylic acids is 2. The van der Waals surface area contributed by atoms with Crippen LogP contribution in [0.5, 0.6) is 0 Å². The lowest BCUT2D eigenvalue weighted by Crippen LogP contribution is -2.49. The van der Waals surface area contributed by atoms with Crippen LogP contribution in [0.15, 0.2) is 36.5 Å². The van der Waals surface area contributed by atoms with Crippen LogP contribution in [0.3, 0.4) is 0 Å². The number of rotatable bonds is 5. The first-order valence-corrected chi connectivity index (χ1v) is 14.0. The van der Waals surface area contributed by atoms with Crippen molar-refractivity contribution in [3.63, 3.8) is 0 Å². The van der Waals surface area contributed by atoms with E-state index >= 15 is 0 Å². The van der Waals surface area contributed by atoms with Gasteiger partial charge in [0.05, 0.1) is 16.9 Å². The number of anilines is 2. The summed E-state index contributed by atoms with van der Waals surface area (Å²) in [4.78, 5) is 30.7. The summed E-state index contributed by atoms with van der Waals surface area (Å²) in [5, 5.41) is 12.6. The first-order valence-electron chi connectivity index (χ1n) is 13.6. The van der Waals surface area contributed by atoms with Crippen LogP contribution >= 0.6 is 11.6 Å². The fourth-order valence-corrected chi connectivity index (χ4v) is 6.40. The molecule has 0 unspecified atom stereocenters. The molecule has 3 aromatic rings. The van der Waals surface area contributed by atoms with E-state index < -0.39 is 0 Å². The van der Waals surface area contributed by atoms with Gasteiger partial charge in [-0.1, -0.05) is 11.6 Å². The third-order valence-electron chi connectivity index (χ3n) is 8.32. The summed E-state index contributed by atoms with van der Waals surface area (Å²) in [5.74, 6) is 1.48. The number of halogens is 1. The van der Waals surface area contributed by atoms with Gasteiger partial charge in [-0.05, 0) is 68.9 Å². The number of nitrogens with zero attached hydrogens (tertiary/aromatic N) is 6. The maximum Gasteiger partial charge on any atom is 0.328 e. The fourth-order valence-electron chi connectivity index (χ4n) is 6.20. The van der Waals surface area contributed by atoms with Crippen LogP contribution in [0.4, 0.5) is 16.3 Å². The molecule has 1 aromatic carbocycles. The number of fused-ring (bicyclic) bond motifs is 1. The van der Waals surface area contributed by atoms with Crippen LogP contribution < -0.4 is 15.1 Å². The van der Waals surface area contributed by atoms with Crippen molar-refractivity contribution in [3.05, 3.63) is 47.2 Å². The van der Waals surface area contributed by atoms with E-state index in [9.17, 15) is 9.59 Å². The van der Waals surface area contributed by atoms with E-state index in [1.807, 2.05) is 25.1 Å². The number of aryl methyl sites for hydroxylation is 1. The van der Waals surface area contributed by atoms with Gasteiger partial charge in [0.1, 0.15) is 0 Å². The number of aromatic nitrogens is 3. The Morgan fingerprint density at radius 2 is 1.76 bits per heavy atom. The minimum absolute atomic E-state index is 0.236. The quantitative estimate of drug-likeness (QED) is 0.521. The fraction of sp³-hybridized carbons (Fsp3) is 0.500. The van der Waals surface area contributed by atoms with Crippen LogP contribution in [0.25, 0.3) is 10.9 Å². The summed E-state index contributed by atoms with van der Waals surface area (Å²) < 4.78 is 2.33. The summed E-state index contributed by atoms with van der Waals surface area (Å²) in [5.41, 5.74) is 2.76. The molecule has 38 heavy (non-hydrogen) atoms. The molecular weight excluding hydrogens is 502 g/mol. The molecule has 0 atom stereocenters. The Labute approximate surface area is 227 Å². The molecule has 3 amide bonds. The maximum atomic E-state index is 12.5. The standard InChI is InChI=1S/C28H34ClN7O2/c1-19-2-3-26(32-31-19)34-12-4-20(5-13-34)18-33-10-6-22(7-11-33)35-14-8-23-24(35)16-21(29)17-25(23)36-15-9-27(37)30-28(36)38/h2-3,8,14,16-17,20,22H,4-7,9-13,15,18H2,1H3,(H,30,37,38). The van der Waals surface area contributed by atoms with Gasteiger partial charge in [-0.3, -0.25) is 15.0 Å². The first kappa shape index (κ1) is 25.1.